The summed E-state index contributed by atoms with van der Waals surface area (Å²) in [6.45, 7) is 4.61. The summed E-state index contributed by atoms with van der Waals surface area (Å²) in [4.78, 5) is 0. The second kappa shape index (κ2) is 21.8. The van der Waals surface area contributed by atoms with Crippen LogP contribution in [-0.2, 0) is 12.8 Å². The molecule has 5 rings (SSSR count). The fourth-order valence-corrected chi connectivity index (χ4v) is 8.28. The maximum atomic E-state index is 2.39. The standard InChI is InChI=1S/C50H66/c1-3-5-7-9-11-13-15-17-19-21-31-41-33-23-25-35-43(41)49-45-37-27-29-39-47(45)50(48-40-30-28-38-46(48)49)44-36-26-24-34-42(44)32-22-20-18-16-14-12-10-8-6-4-2/h23-30,33-40H,3-22,31-32H2,1-2H3. The smallest absolute Gasteiger partial charge is 0.00236 e. The zero-order chi connectivity index (χ0) is 34.6. The summed E-state index contributed by atoms with van der Waals surface area (Å²) in [6, 6.07) is 37.0. The first-order valence-electron chi connectivity index (χ1n) is 20.9. The van der Waals surface area contributed by atoms with Crippen LogP contribution in [0.4, 0.5) is 0 Å². The molecule has 0 saturated carbocycles. The quantitative estimate of drug-likeness (QED) is 0.0454. The molecule has 50 heavy (non-hydrogen) atoms. The van der Waals surface area contributed by atoms with Crippen molar-refractivity contribution in [1.29, 1.82) is 0 Å². The molecule has 0 saturated heterocycles. The Kier molecular flexibility index (Phi) is 16.5. The van der Waals surface area contributed by atoms with Crippen LogP contribution in [-0.4, -0.2) is 0 Å². The van der Waals surface area contributed by atoms with E-state index in [9.17, 15) is 0 Å². The molecule has 0 heteroatoms. The van der Waals surface area contributed by atoms with E-state index in [0.29, 0.717) is 0 Å². The number of hydrogen-bond acceptors (Lipinski definition) is 0. The molecule has 0 aliphatic carbocycles. The summed E-state index contributed by atoms with van der Waals surface area (Å²) in [6.07, 6.45) is 29.9. The van der Waals surface area contributed by atoms with Gasteiger partial charge in [-0.3, -0.25) is 0 Å². The van der Waals surface area contributed by atoms with Gasteiger partial charge in [0.25, 0.3) is 0 Å². The molecular formula is C50H66. The van der Waals surface area contributed by atoms with Gasteiger partial charge in [-0.05, 0) is 80.6 Å². The van der Waals surface area contributed by atoms with Gasteiger partial charge < -0.3 is 0 Å². The largest absolute Gasteiger partial charge is 0.0654 e. The van der Waals surface area contributed by atoms with Crippen LogP contribution in [0.5, 0.6) is 0 Å². The molecule has 0 atom stereocenters. The van der Waals surface area contributed by atoms with Crippen molar-refractivity contribution in [2.75, 3.05) is 0 Å². The maximum Gasteiger partial charge on any atom is -0.00236 e. The highest BCUT2D eigenvalue weighted by Gasteiger charge is 2.19. The molecular weight excluding hydrogens is 601 g/mol. The summed E-state index contributed by atoms with van der Waals surface area (Å²) in [7, 11) is 0. The fourth-order valence-electron chi connectivity index (χ4n) is 8.28. The molecule has 0 aliphatic rings. The minimum Gasteiger partial charge on any atom is -0.0654 e. The number of benzene rings is 5. The molecule has 0 heterocycles. The Balaban J connectivity index is 1.34. The van der Waals surface area contributed by atoms with Gasteiger partial charge in [0.1, 0.15) is 0 Å². The normalized spacial score (nSPS) is 11.6. The molecule has 0 radical (unpaired) electrons. The van der Waals surface area contributed by atoms with Crippen LogP contribution in [0.3, 0.4) is 0 Å². The Bertz CT molecular complexity index is 1510. The van der Waals surface area contributed by atoms with E-state index in [0.717, 1.165) is 12.8 Å². The molecule has 0 amide bonds. The monoisotopic (exact) mass is 667 g/mol. The van der Waals surface area contributed by atoms with Crippen LogP contribution in [0.25, 0.3) is 43.8 Å². The highest BCUT2D eigenvalue weighted by molar-refractivity contribution is 6.21. The Hall–Kier alpha value is -3.38. The lowest BCUT2D eigenvalue weighted by molar-refractivity contribution is 0.556. The lowest BCUT2D eigenvalue weighted by Crippen LogP contribution is -1.97. The average molecular weight is 667 g/mol. The molecule has 266 valence electrons. The van der Waals surface area contributed by atoms with Gasteiger partial charge in [-0.15, -0.1) is 0 Å². The number of unbranched alkanes of at least 4 members (excludes halogenated alkanes) is 18. The van der Waals surface area contributed by atoms with E-state index < -0.39 is 0 Å². The third kappa shape index (κ3) is 10.8. The predicted octanol–water partition coefficient (Wildman–Crippen LogP) is 16.3. The SMILES string of the molecule is CCCCCCCCCCCCc1ccccc1-c1c2ccccc2c(-c2ccccc2CCCCCCCCCCCC)c2ccccc12. The van der Waals surface area contributed by atoms with Crippen molar-refractivity contribution in [2.45, 2.75) is 155 Å². The molecule has 0 bridgehead atoms. The van der Waals surface area contributed by atoms with Crippen molar-refractivity contribution in [3.63, 3.8) is 0 Å². The minimum absolute atomic E-state index is 1.15. The lowest BCUT2D eigenvalue weighted by atomic mass is 9.83. The Morgan fingerprint density at radius 3 is 0.860 bits per heavy atom. The van der Waals surface area contributed by atoms with Crippen molar-refractivity contribution in [3.8, 4) is 22.3 Å². The summed E-state index contributed by atoms with van der Waals surface area (Å²) in [5.41, 5.74) is 8.65. The third-order valence-corrected chi connectivity index (χ3v) is 11.1. The number of hydrogen-bond donors (Lipinski definition) is 0. The number of aryl methyl sites for hydroxylation is 2. The summed E-state index contributed by atoms with van der Waals surface area (Å²) < 4.78 is 0. The molecule has 5 aromatic carbocycles. The van der Waals surface area contributed by atoms with E-state index in [1.807, 2.05) is 0 Å². The summed E-state index contributed by atoms with van der Waals surface area (Å²) >= 11 is 0. The first-order valence-corrected chi connectivity index (χ1v) is 20.9. The van der Waals surface area contributed by atoms with Gasteiger partial charge in [0.05, 0.1) is 0 Å². The van der Waals surface area contributed by atoms with Crippen molar-refractivity contribution in [1.82, 2.24) is 0 Å². The van der Waals surface area contributed by atoms with Crippen molar-refractivity contribution >= 4 is 21.5 Å². The zero-order valence-corrected chi connectivity index (χ0v) is 31.8. The Morgan fingerprint density at radius 2 is 0.540 bits per heavy atom. The Labute approximate surface area is 306 Å². The molecule has 0 nitrogen and oxygen atoms in total. The highest BCUT2D eigenvalue weighted by Crippen LogP contribution is 2.45. The van der Waals surface area contributed by atoms with Gasteiger partial charge >= 0.3 is 0 Å². The average Bonchev–Trinajstić information content (AvgIpc) is 3.16. The highest BCUT2D eigenvalue weighted by atomic mass is 14.2. The Morgan fingerprint density at radius 1 is 0.280 bits per heavy atom. The second-order valence-corrected chi connectivity index (χ2v) is 15.0. The zero-order valence-electron chi connectivity index (χ0n) is 31.8. The van der Waals surface area contributed by atoms with Gasteiger partial charge in [-0.1, -0.05) is 226 Å². The van der Waals surface area contributed by atoms with E-state index >= 15 is 0 Å². The van der Waals surface area contributed by atoms with Crippen LogP contribution in [0.2, 0.25) is 0 Å². The van der Waals surface area contributed by atoms with Gasteiger partial charge in [0, 0.05) is 0 Å². The summed E-state index contributed by atoms with van der Waals surface area (Å²) in [5.74, 6) is 0. The van der Waals surface area contributed by atoms with Crippen LogP contribution >= 0.6 is 0 Å². The molecule has 0 spiro atoms. The van der Waals surface area contributed by atoms with Gasteiger partial charge in [-0.2, -0.15) is 0 Å². The van der Waals surface area contributed by atoms with E-state index in [-0.39, 0.29) is 0 Å². The molecule has 0 aromatic heterocycles. The topological polar surface area (TPSA) is 0 Å². The van der Waals surface area contributed by atoms with Gasteiger partial charge in [0.15, 0.2) is 0 Å². The van der Waals surface area contributed by atoms with E-state index in [2.05, 4.69) is 111 Å². The number of fused-ring (bicyclic) bond motifs is 2. The van der Waals surface area contributed by atoms with Gasteiger partial charge in [0.2, 0.25) is 0 Å². The van der Waals surface area contributed by atoms with E-state index in [1.165, 1.54) is 183 Å². The molecule has 5 aromatic rings. The van der Waals surface area contributed by atoms with Crippen molar-refractivity contribution in [3.05, 3.63) is 108 Å². The van der Waals surface area contributed by atoms with Crippen LogP contribution in [0.15, 0.2) is 97.1 Å². The maximum absolute atomic E-state index is 2.39. The lowest BCUT2D eigenvalue weighted by Gasteiger charge is -2.21. The third-order valence-electron chi connectivity index (χ3n) is 11.1. The number of rotatable bonds is 24. The molecule has 0 aliphatic heterocycles. The fraction of sp³-hybridized carbons (Fsp3) is 0.480. The molecule has 0 unspecified atom stereocenters. The first kappa shape index (κ1) is 37.9. The first-order chi connectivity index (χ1) is 24.8. The summed E-state index contributed by atoms with van der Waals surface area (Å²) in [5, 5.41) is 5.52. The van der Waals surface area contributed by atoms with Crippen LogP contribution < -0.4 is 0 Å². The van der Waals surface area contributed by atoms with Crippen molar-refractivity contribution in [2.24, 2.45) is 0 Å². The van der Waals surface area contributed by atoms with Crippen molar-refractivity contribution < 1.29 is 0 Å². The van der Waals surface area contributed by atoms with E-state index in [1.54, 1.807) is 0 Å². The van der Waals surface area contributed by atoms with Crippen LogP contribution in [0, 0.1) is 0 Å². The predicted molar refractivity (Wildman–Crippen MR) is 223 cm³/mol. The minimum atomic E-state index is 1.15. The molecule has 0 N–H and O–H groups in total. The van der Waals surface area contributed by atoms with Crippen LogP contribution in [0.1, 0.15) is 153 Å². The molecule has 0 fully saturated rings. The van der Waals surface area contributed by atoms with E-state index in [4.69, 9.17) is 0 Å². The van der Waals surface area contributed by atoms with Gasteiger partial charge in [-0.25, -0.2) is 0 Å². The second-order valence-electron chi connectivity index (χ2n) is 15.0.